The van der Waals surface area contributed by atoms with E-state index in [0.717, 1.165) is 17.1 Å². The van der Waals surface area contributed by atoms with Crippen molar-refractivity contribution >= 4 is 47.3 Å². The maximum Gasteiger partial charge on any atom is 0.407 e. The minimum atomic E-state index is -1.14. The first-order valence-corrected chi connectivity index (χ1v) is 13.9. The zero-order valence-corrected chi connectivity index (χ0v) is 25.5. The number of carbonyl (C=O) groups is 7. The highest BCUT2D eigenvalue weighted by Crippen LogP contribution is 2.12. The number of benzene rings is 1. The fourth-order valence-electron chi connectivity index (χ4n) is 3.67. The number of hydrogen-bond acceptors (Lipinski definition) is 9. The Morgan fingerprint density at radius 3 is 2.11 bits per heavy atom. The summed E-state index contributed by atoms with van der Waals surface area (Å²) >= 11 is 0. The van der Waals surface area contributed by atoms with Gasteiger partial charge in [-0.2, -0.15) is 0 Å². The number of amides is 6. The number of hydrogen-bond donors (Lipinski definition) is 4. The number of anilines is 1. The molecule has 1 aromatic rings. The van der Waals surface area contributed by atoms with E-state index in [1.807, 2.05) is 0 Å². The lowest BCUT2D eigenvalue weighted by Crippen LogP contribution is -2.52. The van der Waals surface area contributed by atoms with Crippen molar-refractivity contribution in [2.24, 2.45) is 0 Å². The first kappa shape index (κ1) is 35.2. The molecule has 2 rings (SSSR count). The smallest absolute Gasteiger partial charge is 0.407 e. The molecule has 0 aliphatic carbocycles. The Morgan fingerprint density at radius 2 is 1.55 bits per heavy atom. The molecule has 1 aliphatic rings. The van der Waals surface area contributed by atoms with Gasteiger partial charge in [-0.25, -0.2) is 4.79 Å². The molecule has 14 nitrogen and oxygen atoms in total. The number of imide groups is 1. The van der Waals surface area contributed by atoms with Gasteiger partial charge < -0.3 is 30.7 Å². The van der Waals surface area contributed by atoms with E-state index in [9.17, 15) is 33.6 Å². The van der Waals surface area contributed by atoms with E-state index in [1.54, 1.807) is 45.0 Å². The second kappa shape index (κ2) is 16.0. The lowest BCUT2D eigenvalue weighted by molar-refractivity contribution is -0.154. The molecule has 0 spiro atoms. The van der Waals surface area contributed by atoms with Gasteiger partial charge in [-0.1, -0.05) is 18.7 Å². The van der Waals surface area contributed by atoms with Crippen molar-refractivity contribution < 1.29 is 43.0 Å². The lowest BCUT2D eigenvalue weighted by Gasteiger charge is -2.22. The van der Waals surface area contributed by atoms with Crippen LogP contribution in [0.25, 0.3) is 0 Å². The van der Waals surface area contributed by atoms with Gasteiger partial charge in [-0.3, -0.25) is 33.7 Å². The average molecular weight is 614 g/mol. The zero-order chi connectivity index (χ0) is 33.0. The number of alkyl carbamates (subject to hydrolysis) is 1. The van der Waals surface area contributed by atoms with Crippen LogP contribution in [0, 0.1) is 0 Å². The van der Waals surface area contributed by atoms with Gasteiger partial charge in [-0.15, -0.1) is 0 Å². The van der Waals surface area contributed by atoms with E-state index in [2.05, 4.69) is 27.8 Å². The summed E-state index contributed by atoms with van der Waals surface area (Å²) in [5.41, 5.74) is 0.768. The van der Waals surface area contributed by atoms with Crippen LogP contribution in [0.1, 0.15) is 53.0 Å². The maximum absolute atomic E-state index is 12.8. The van der Waals surface area contributed by atoms with Crippen molar-refractivity contribution in [1.29, 1.82) is 0 Å². The van der Waals surface area contributed by atoms with E-state index in [4.69, 9.17) is 9.47 Å². The normalized spacial score (nSPS) is 13.9. The highest BCUT2D eigenvalue weighted by molar-refractivity contribution is 6.13. The quantitative estimate of drug-likeness (QED) is 0.137. The molecule has 0 aromatic heterocycles. The summed E-state index contributed by atoms with van der Waals surface area (Å²) in [6.07, 6.45) is 1.31. The summed E-state index contributed by atoms with van der Waals surface area (Å²) in [5, 5.41) is 10.2. The molecule has 0 fully saturated rings. The molecule has 2 atom stereocenters. The molecule has 4 N–H and O–H groups in total. The topological polar surface area (TPSA) is 189 Å². The number of ether oxygens (including phenoxy) is 2. The molecule has 0 saturated carbocycles. The Balaban J connectivity index is 1.77. The standard InChI is InChI=1S/C30H39N5O9/c1-18(2)26(34-22(36)14-16-35-23(37)11-12-24(35)38)28(41)32-19(3)27(40)33-21-9-7-20(8-10-21)17-43-29(42)31-15-13-25(39)44-30(4,5)6/h7-12,19,26H,1,13-17H2,2-6H3,(H,31,42)(H,32,41)(H,33,40)(H,34,36)/t19-,26-/m0/s1. The fraction of sp³-hybridized carbons (Fsp3) is 0.433. The first-order chi connectivity index (χ1) is 20.6. The molecule has 1 heterocycles. The third-order valence-corrected chi connectivity index (χ3v) is 5.89. The van der Waals surface area contributed by atoms with Gasteiger partial charge in [0, 0.05) is 37.3 Å². The Morgan fingerprint density at radius 1 is 0.932 bits per heavy atom. The molecule has 1 aliphatic heterocycles. The summed E-state index contributed by atoms with van der Waals surface area (Å²) in [5.74, 6) is -3.25. The Bertz CT molecular complexity index is 1300. The number of nitrogens with one attached hydrogen (secondary N) is 4. The van der Waals surface area contributed by atoms with Crippen molar-refractivity contribution in [2.45, 2.75) is 71.8 Å². The second-order valence-corrected chi connectivity index (χ2v) is 11.0. The Labute approximate surface area is 255 Å². The van der Waals surface area contributed by atoms with Crippen LogP contribution in [-0.4, -0.2) is 77.3 Å². The minimum absolute atomic E-state index is 0.00538. The molecule has 6 amide bonds. The van der Waals surface area contributed by atoms with Crippen LogP contribution in [0.5, 0.6) is 0 Å². The molecule has 0 radical (unpaired) electrons. The fourth-order valence-corrected chi connectivity index (χ4v) is 3.67. The summed E-state index contributed by atoms with van der Waals surface area (Å²) in [6, 6.07) is 4.33. The number of rotatable bonds is 14. The van der Waals surface area contributed by atoms with Crippen LogP contribution in [0.4, 0.5) is 10.5 Å². The van der Waals surface area contributed by atoms with Gasteiger partial charge in [0.15, 0.2) is 0 Å². The molecule has 44 heavy (non-hydrogen) atoms. The summed E-state index contributed by atoms with van der Waals surface area (Å²) < 4.78 is 10.3. The van der Waals surface area contributed by atoms with Crippen molar-refractivity contribution in [3.8, 4) is 0 Å². The number of esters is 1. The highest BCUT2D eigenvalue weighted by Gasteiger charge is 2.27. The van der Waals surface area contributed by atoms with Gasteiger partial charge in [0.25, 0.3) is 11.8 Å². The maximum atomic E-state index is 12.8. The van der Waals surface area contributed by atoms with Crippen molar-refractivity contribution in [2.75, 3.05) is 18.4 Å². The summed E-state index contributed by atoms with van der Waals surface area (Å²) in [7, 11) is 0. The van der Waals surface area contributed by atoms with Gasteiger partial charge in [-0.05, 0) is 57.9 Å². The highest BCUT2D eigenvalue weighted by atomic mass is 16.6. The van der Waals surface area contributed by atoms with E-state index < -0.39 is 59.3 Å². The Kier molecular flexibility index (Phi) is 12.8. The van der Waals surface area contributed by atoms with Crippen LogP contribution in [0.15, 0.2) is 48.6 Å². The van der Waals surface area contributed by atoms with Crippen LogP contribution in [0.3, 0.4) is 0 Å². The van der Waals surface area contributed by atoms with Gasteiger partial charge in [0.05, 0.1) is 6.42 Å². The SMILES string of the molecule is C=C(C)[C@H](NC(=O)CCN1C(=O)C=CC1=O)C(=O)N[C@@H](C)C(=O)Nc1ccc(COC(=O)NCCC(=O)OC(C)(C)C)cc1. The van der Waals surface area contributed by atoms with Crippen LogP contribution < -0.4 is 21.3 Å². The van der Waals surface area contributed by atoms with Crippen molar-refractivity contribution in [3.05, 3.63) is 54.1 Å². The van der Waals surface area contributed by atoms with E-state index in [1.165, 1.54) is 13.8 Å². The van der Waals surface area contributed by atoms with E-state index >= 15 is 0 Å². The molecule has 0 unspecified atom stereocenters. The zero-order valence-electron chi connectivity index (χ0n) is 25.5. The van der Waals surface area contributed by atoms with Gasteiger partial charge in [0.2, 0.25) is 17.7 Å². The Hall–Kier alpha value is -5.01. The monoisotopic (exact) mass is 613 g/mol. The summed E-state index contributed by atoms with van der Waals surface area (Å²) in [6.45, 7) is 11.8. The van der Waals surface area contributed by atoms with E-state index in [-0.39, 0.29) is 32.5 Å². The lowest BCUT2D eigenvalue weighted by atomic mass is 10.1. The van der Waals surface area contributed by atoms with Crippen LogP contribution in [0.2, 0.25) is 0 Å². The van der Waals surface area contributed by atoms with Gasteiger partial charge >= 0.3 is 12.1 Å². The molecule has 0 saturated heterocycles. The second-order valence-electron chi connectivity index (χ2n) is 11.0. The summed E-state index contributed by atoms with van der Waals surface area (Å²) in [4.78, 5) is 85.6. The third kappa shape index (κ3) is 12.1. The average Bonchev–Trinajstić information content (AvgIpc) is 3.25. The molecule has 1 aromatic carbocycles. The van der Waals surface area contributed by atoms with Crippen LogP contribution in [-0.2, 0) is 44.8 Å². The van der Waals surface area contributed by atoms with Crippen LogP contribution >= 0.6 is 0 Å². The molecular formula is C30H39N5O9. The molecule has 238 valence electrons. The number of carbonyl (C=O) groups excluding carboxylic acids is 7. The minimum Gasteiger partial charge on any atom is -0.460 e. The molecule has 0 bridgehead atoms. The largest absolute Gasteiger partial charge is 0.460 e. The molecule has 14 heteroatoms. The number of nitrogens with zero attached hydrogens (tertiary/aromatic N) is 1. The van der Waals surface area contributed by atoms with Crippen molar-refractivity contribution in [1.82, 2.24) is 20.9 Å². The van der Waals surface area contributed by atoms with Crippen molar-refractivity contribution in [3.63, 3.8) is 0 Å². The molecular weight excluding hydrogens is 574 g/mol. The predicted octanol–water partition coefficient (Wildman–Crippen LogP) is 1.46. The first-order valence-electron chi connectivity index (χ1n) is 13.9. The van der Waals surface area contributed by atoms with Gasteiger partial charge in [0.1, 0.15) is 24.3 Å². The third-order valence-electron chi connectivity index (χ3n) is 5.89. The van der Waals surface area contributed by atoms with E-state index in [0.29, 0.717) is 16.8 Å². The predicted molar refractivity (Wildman–Crippen MR) is 159 cm³/mol.